The minimum Gasteiger partial charge on any atom is -0.358 e. The number of rotatable bonds is 9. The number of sulfone groups is 1. The maximum Gasteiger partial charge on any atom is 0.295 e. The molecule has 0 spiro atoms. The van der Waals surface area contributed by atoms with Gasteiger partial charge >= 0.3 is 0 Å². The van der Waals surface area contributed by atoms with Gasteiger partial charge in [-0.2, -0.15) is 5.10 Å². The highest BCUT2D eigenvalue weighted by atomic mass is 32.2. The average Bonchev–Trinajstić information content (AvgIpc) is 3.66. The van der Waals surface area contributed by atoms with Crippen molar-refractivity contribution in [3.05, 3.63) is 47.7 Å². The molecule has 2 fully saturated rings. The zero-order chi connectivity index (χ0) is 29.8. The summed E-state index contributed by atoms with van der Waals surface area (Å²) in [5.41, 5.74) is 3.56. The number of aryl methyl sites for hydroxylation is 1. The number of pyridine rings is 1. The number of hydrogen-bond donors (Lipinski definition) is 1. The maximum absolute atomic E-state index is 14.3. The van der Waals surface area contributed by atoms with Crippen LogP contribution in [0.25, 0.3) is 22.3 Å². The summed E-state index contributed by atoms with van der Waals surface area (Å²) in [4.78, 5) is 21.7. The highest BCUT2D eigenvalue weighted by Crippen LogP contribution is 2.38. The lowest BCUT2D eigenvalue weighted by molar-refractivity contribution is -0.119. The minimum atomic E-state index is -3.73. The summed E-state index contributed by atoms with van der Waals surface area (Å²) in [5, 5.41) is 7.41. The number of hydrogen-bond acceptors (Lipinski definition) is 8. The van der Waals surface area contributed by atoms with E-state index >= 15 is 0 Å². The van der Waals surface area contributed by atoms with Crippen molar-refractivity contribution >= 4 is 38.2 Å². The number of ketones is 1. The van der Waals surface area contributed by atoms with E-state index in [2.05, 4.69) is 20.4 Å². The molecule has 1 saturated heterocycles. The van der Waals surface area contributed by atoms with Crippen molar-refractivity contribution < 1.29 is 26.7 Å². The molecule has 4 heterocycles. The molecule has 2 aliphatic rings. The Morgan fingerprint density at radius 1 is 1.14 bits per heavy atom. The van der Waals surface area contributed by atoms with Gasteiger partial charge in [0.25, 0.3) is 6.43 Å². The first-order valence-electron chi connectivity index (χ1n) is 14.0. The van der Waals surface area contributed by atoms with Crippen LogP contribution < -0.4 is 5.32 Å². The number of benzene rings is 1. The molecule has 0 radical (unpaired) electrons. The third-order valence-corrected chi connectivity index (χ3v) is 9.09. The SMILES string of the molecule is Cc1c(-c2ccc(Nc3cc(CC(=O)C4CC4)nc4c3nc(C(F)F)n4C3CCCCO3)c(S(C)(=O)=O)c2)cnn1C. The second-order valence-electron chi connectivity index (χ2n) is 11.1. The van der Waals surface area contributed by atoms with Crippen LogP contribution in [0.1, 0.15) is 62.0 Å². The molecule has 1 saturated carbocycles. The lowest BCUT2D eigenvalue weighted by Crippen LogP contribution is -2.21. The van der Waals surface area contributed by atoms with Crippen molar-refractivity contribution in [2.75, 3.05) is 18.2 Å². The van der Waals surface area contributed by atoms with E-state index in [1.807, 2.05) is 6.92 Å². The van der Waals surface area contributed by atoms with Crippen LogP contribution >= 0.6 is 0 Å². The van der Waals surface area contributed by atoms with Crippen molar-refractivity contribution in [3.8, 4) is 11.1 Å². The first-order chi connectivity index (χ1) is 20.0. The molecule has 3 aromatic heterocycles. The topological polar surface area (TPSA) is 121 Å². The van der Waals surface area contributed by atoms with Crippen LogP contribution in [0.3, 0.4) is 0 Å². The van der Waals surface area contributed by atoms with Gasteiger partial charge in [0.15, 0.2) is 21.3 Å². The minimum absolute atomic E-state index is 0.0116. The Kier molecular flexibility index (Phi) is 7.34. The second kappa shape index (κ2) is 10.8. The Labute approximate surface area is 242 Å². The second-order valence-corrected chi connectivity index (χ2v) is 13.1. The van der Waals surface area contributed by atoms with Crippen LogP contribution in [-0.2, 0) is 32.8 Å². The van der Waals surface area contributed by atoms with E-state index in [1.54, 1.807) is 42.2 Å². The van der Waals surface area contributed by atoms with Gasteiger partial charge in [0.1, 0.15) is 17.5 Å². The van der Waals surface area contributed by atoms with E-state index in [9.17, 15) is 22.0 Å². The molecule has 1 aliphatic heterocycles. The van der Waals surface area contributed by atoms with Crippen molar-refractivity contribution in [1.29, 1.82) is 0 Å². The van der Waals surface area contributed by atoms with Gasteiger partial charge in [-0.05, 0) is 62.8 Å². The Morgan fingerprint density at radius 3 is 2.55 bits per heavy atom. The number of carbonyl (C=O) groups is 1. The molecule has 0 bridgehead atoms. The lowest BCUT2D eigenvalue weighted by atomic mass is 10.1. The predicted molar refractivity (Wildman–Crippen MR) is 153 cm³/mol. The van der Waals surface area contributed by atoms with E-state index in [0.29, 0.717) is 24.3 Å². The van der Waals surface area contributed by atoms with E-state index in [4.69, 9.17) is 4.74 Å². The molecule has 1 aromatic carbocycles. The van der Waals surface area contributed by atoms with E-state index in [1.165, 1.54) is 4.57 Å². The number of halogens is 2. The van der Waals surface area contributed by atoms with Crippen LogP contribution in [0.15, 0.2) is 35.4 Å². The highest BCUT2D eigenvalue weighted by molar-refractivity contribution is 7.90. The fourth-order valence-electron chi connectivity index (χ4n) is 5.44. The summed E-state index contributed by atoms with van der Waals surface area (Å²) in [5.74, 6) is -0.457. The Morgan fingerprint density at radius 2 is 1.93 bits per heavy atom. The molecule has 1 N–H and O–H groups in total. The van der Waals surface area contributed by atoms with Crippen LogP contribution in [0, 0.1) is 12.8 Å². The normalized spacial score (nSPS) is 17.7. The van der Waals surface area contributed by atoms with Gasteiger partial charge in [0, 0.05) is 43.5 Å². The van der Waals surface area contributed by atoms with Crippen molar-refractivity contribution in [2.24, 2.45) is 13.0 Å². The largest absolute Gasteiger partial charge is 0.358 e. The molecule has 13 heteroatoms. The number of imidazole rings is 1. The van der Waals surface area contributed by atoms with Crippen molar-refractivity contribution in [1.82, 2.24) is 24.3 Å². The Bertz CT molecular complexity index is 1790. The third-order valence-electron chi connectivity index (χ3n) is 7.95. The molecule has 1 aliphatic carbocycles. The molecular weight excluding hydrogens is 566 g/mol. The number of Topliss-reactive ketones (excluding diaryl/α,β-unsaturated/α-hetero) is 1. The molecule has 4 aromatic rings. The van der Waals surface area contributed by atoms with Crippen molar-refractivity contribution in [3.63, 3.8) is 0 Å². The summed E-state index contributed by atoms with van der Waals surface area (Å²) in [6, 6.07) is 6.57. The summed E-state index contributed by atoms with van der Waals surface area (Å²) >= 11 is 0. The molecular formula is C29H32F2N6O4S. The van der Waals surface area contributed by atoms with Gasteiger partial charge in [-0.25, -0.2) is 27.2 Å². The fraction of sp³-hybridized carbons (Fsp3) is 0.448. The average molecular weight is 599 g/mol. The predicted octanol–water partition coefficient (Wildman–Crippen LogP) is 5.45. The lowest BCUT2D eigenvalue weighted by Gasteiger charge is -2.25. The third kappa shape index (κ3) is 5.42. The van der Waals surface area contributed by atoms with Gasteiger partial charge in [0.05, 0.1) is 28.2 Å². The number of nitrogens with one attached hydrogen (secondary N) is 1. The van der Waals surface area contributed by atoms with E-state index in [0.717, 1.165) is 43.2 Å². The fourth-order valence-corrected chi connectivity index (χ4v) is 6.30. The Hall–Kier alpha value is -3.71. The van der Waals surface area contributed by atoms with Gasteiger partial charge in [0.2, 0.25) is 0 Å². The van der Waals surface area contributed by atoms with Crippen molar-refractivity contribution in [2.45, 2.75) is 63.0 Å². The number of nitrogens with zero attached hydrogens (tertiary/aromatic N) is 5. The van der Waals surface area contributed by atoms with Crippen LogP contribution in [0.5, 0.6) is 0 Å². The van der Waals surface area contributed by atoms with Gasteiger partial charge in [-0.3, -0.25) is 14.0 Å². The number of aromatic nitrogens is 5. The van der Waals surface area contributed by atoms with E-state index < -0.39 is 28.3 Å². The molecule has 0 amide bonds. The first-order valence-corrected chi connectivity index (χ1v) is 15.8. The zero-order valence-corrected chi connectivity index (χ0v) is 24.4. The number of alkyl halides is 2. The number of fused-ring (bicyclic) bond motifs is 1. The highest BCUT2D eigenvalue weighted by Gasteiger charge is 2.32. The summed E-state index contributed by atoms with van der Waals surface area (Å²) in [7, 11) is -1.93. The maximum atomic E-state index is 14.3. The summed E-state index contributed by atoms with van der Waals surface area (Å²) < 4.78 is 63.5. The smallest absolute Gasteiger partial charge is 0.295 e. The molecule has 10 nitrogen and oxygen atoms in total. The molecule has 1 atom stereocenters. The quantitative estimate of drug-likeness (QED) is 0.270. The number of anilines is 2. The molecule has 42 heavy (non-hydrogen) atoms. The summed E-state index contributed by atoms with van der Waals surface area (Å²) in [6.45, 7) is 2.32. The molecule has 222 valence electrons. The first kappa shape index (κ1) is 28.4. The Balaban J connectivity index is 1.50. The van der Waals surface area contributed by atoms with Crippen LogP contribution in [0.4, 0.5) is 20.2 Å². The van der Waals surface area contributed by atoms with Crippen LogP contribution in [-0.4, -0.2) is 51.4 Å². The van der Waals surface area contributed by atoms with Gasteiger partial charge < -0.3 is 10.1 Å². The van der Waals surface area contributed by atoms with E-state index in [-0.39, 0.29) is 45.6 Å². The molecule has 6 rings (SSSR count). The summed E-state index contributed by atoms with van der Waals surface area (Å²) in [6.07, 6.45) is 3.06. The standard InChI is InChI=1S/C29H32F2N6O4S/c1-16-20(15-32-36(16)2)18-9-10-21(24(12-18)42(3,39)40)34-22-13-19(14-23(38)17-7-8-17)33-28-26(22)35-29(27(30)31)37(28)25-6-4-5-11-41-25/h9-10,12-13,15,17,25,27H,4-8,11,14H2,1-3H3,(H,33,34). The van der Waals surface area contributed by atoms with Crippen LogP contribution in [0.2, 0.25) is 0 Å². The zero-order valence-electron chi connectivity index (χ0n) is 23.6. The molecule has 1 unspecified atom stereocenters. The number of ether oxygens (including phenoxy) is 1. The number of carbonyl (C=O) groups excluding carboxylic acids is 1. The monoisotopic (exact) mass is 598 g/mol. The van der Waals surface area contributed by atoms with Gasteiger partial charge in [-0.1, -0.05) is 6.07 Å². The van der Waals surface area contributed by atoms with Gasteiger partial charge in [-0.15, -0.1) is 0 Å².